The van der Waals surface area contributed by atoms with E-state index in [1.807, 2.05) is 29.0 Å². The summed E-state index contributed by atoms with van der Waals surface area (Å²) in [6.45, 7) is 3.30. The van der Waals surface area contributed by atoms with Crippen LogP contribution in [-0.2, 0) is 22.6 Å². The Morgan fingerprint density at radius 2 is 1.96 bits per heavy atom. The first kappa shape index (κ1) is 17.5. The quantitative estimate of drug-likeness (QED) is 0.751. The number of rotatable bonds is 5. The predicted octanol–water partition coefficient (Wildman–Crippen LogP) is 2.33. The number of ether oxygens (including phenoxy) is 1. The molecule has 0 spiro atoms. The van der Waals surface area contributed by atoms with Crippen molar-refractivity contribution < 1.29 is 13.9 Å². The molecule has 1 aromatic carbocycles. The highest BCUT2D eigenvalue weighted by Gasteiger charge is 2.14. The molecule has 3 heterocycles. The van der Waals surface area contributed by atoms with E-state index in [0.717, 1.165) is 29.9 Å². The molecule has 27 heavy (non-hydrogen) atoms. The van der Waals surface area contributed by atoms with Gasteiger partial charge < -0.3 is 19.5 Å². The van der Waals surface area contributed by atoms with Crippen LogP contribution in [0, 0.1) is 5.82 Å². The summed E-state index contributed by atoms with van der Waals surface area (Å²) in [5.74, 6) is 0.382. The highest BCUT2D eigenvalue weighted by molar-refractivity contribution is 5.82. The minimum atomic E-state index is -0.318. The minimum Gasteiger partial charge on any atom is -0.378 e. The van der Waals surface area contributed by atoms with E-state index in [1.54, 1.807) is 18.2 Å². The summed E-state index contributed by atoms with van der Waals surface area (Å²) in [5.41, 5.74) is 1.23. The molecule has 0 aliphatic carbocycles. The van der Waals surface area contributed by atoms with Gasteiger partial charge in [-0.15, -0.1) is 0 Å². The molecule has 2 aromatic heterocycles. The zero-order valence-corrected chi connectivity index (χ0v) is 14.9. The molecule has 4 rings (SSSR count). The van der Waals surface area contributed by atoms with Crippen molar-refractivity contribution in [3.8, 4) is 0 Å². The largest absolute Gasteiger partial charge is 0.378 e. The number of hydrogen-bond donors (Lipinski definition) is 1. The van der Waals surface area contributed by atoms with Crippen molar-refractivity contribution in [2.75, 3.05) is 31.2 Å². The van der Waals surface area contributed by atoms with Gasteiger partial charge in [-0.1, -0.05) is 18.2 Å². The number of aromatic nitrogens is 2. The molecule has 1 N–H and O–H groups in total. The number of pyridine rings is 1. The van der Waals surface area contributed by atoms with E-state index in [0.29, 0.717) is 18.8 Å². The number of carbonyl (C=O) groups excluding carboxylic acids is 1. The SMILES string of the molecule is O=C(Cn1ccc2ccc(N3CCOCC3)nc21)NCc1ccccc1F. The molecular formula is C20H21FN4O2. The van der Waals surface area contributed by atoms with E-state index < -0.39 is 0 Å². The maximum absolute atomic E-state index is 13.7. The third-order valence-corrected chi connectivity index (χ3v) is 4.68. The van der Waals surface area contributed by atoms with Crippen molar-refractivity contribution in [3.63, 3.8) is 0 Å². The van der Waals surface area contributed by atoms with Gasteiger partial charge in [-0.25, -0.2) is 9.37 Å². The van der Waals surface area contributed by atoms with Gasteiger partial charge in [-0.3, -0.25) is 4.79 Å². The van der Waals surface area contributed by atoms with Crippen LogP contribution in [0.1, 0.15) is 5.56 Å². The first-order valence-corrected chi connectivity index (χ1v) is 8.99. The Labute approximate surface area is 156 Å². The molecule has 0 atom stereocenters. The van der Waals surface area contributed by atoms with Crippen molar-refractivity contribution in [3.05, 3.63) is 60.0 Å². The molecule has 6 nitrogen and oxygen atoms in total. The van der Waals surface area contributed by atoms with Gasteiger partial charge in [-0.05, 0) is 24.3 Å². The molecule has 1 saturated heterocycles. The number of hydrogen-bond acceptors (Lipinski definition) is 4. The lowest BCUT2D eigenvalue weighted by Gasteiger charge is -2.27. The first-order valence-electron chi connectivity index (χ1n) is 8.99. The van der Waals surface area contributed by atoms with Crippen molar-refractivity contribution in [1.29, 1.82) is 0 Å². The second-order valence-corrected chi connectivity index (χ2v) is 6.49. The maximum Gasteiger partial charge on any atom is 0.240 e. The Balaban J connectivity index is 1.46. The number of carbonyl (C=O) groups is 1. The lowest BCUT2D eigenvalue weighted by atomic mass is 10.2. The molecule has 0 radical (unpaired) electrons. The average Bonchev–Trinajstić information content (AvgIpc) is 3.10. The molecule has 140 valence electrons. The van der Waals surface area contributed by atoms with Crippen LogP contribution >= 0.6 is 0 Å². The summed E-state index contributed by atoms with van der Waals surface area (Å²) < 4.78 is 20.9. The van der Waals surface area contributed by atoms with E-state index in [4.69, 9.17) is 9.72 Å². The Morgan fingerprint density at radius 1 is 1.15 bits per heavy atom. The van der Waals surface area contributed by atoms with Gasteiger partial charge in [0.25, 0.3) is 0 Å². The van der Waals surface area contributed by atoms with E-state index in [2.05, 4.69) is 10.2 Å². The molecule has 0 unspecified atom stereocenters. The van der Waals surface area contributed by atoms with Crippen LogP contribution in [0.2, 0.25) is 0 Å². The zero-order chi connectivity index (χ0) is 18.6. The lowest BCUT2D eigenvalue weighted by Crippen LogP contribution is -2.36. The molecule has 1 amide bonds. The number of anilines is 1. The van der Waals surface area contributed by atoms with Crippen LogP contribution < -0.4 is 10.2 Å². The number of nitrogens with one attached hydrogen (secondary N) is 1. The molecule has 1 aliphatic rings. The fourth-order valence-corrected chi connectivity index (χ4v) is 3.19. The monoisotopic (exact) mass is 368 g/mol. The highest BCUT2D eigenvalue weighted by atomic mass is 19.1. The first-order chi connectivity index (χ1) is 13.2. The fourth-order valence-electron chi connectivity index (χ4n) is 3.19. The van der Waals surface area contributed by atoms with Gasteiger partial charge in [0.05, 0.1) is 13.2 Å². The molecule has 1 fully saturated rings. The van der Waals surface area contributed by atoms with Gasteiger partial charge in [0.15, 0.2) is 0 Å². The zero-order valence-electron chi connectivity index (χ0n) is 14.9. The minimum absolute atomic E-state index is 0.136. The molecular weight excluding hydrogens is 347 g/mol. The number of benzene rings is 1. The number of halogens is 1. The van der Waals surface area contributed by atoms with Gasteiger partial charge >= 0.3 is 0 Å². The van der Waals surface area contributed by atoms with E-state index in [-0.39, 0.29) is 24.8 Å². The molecule has 3 aromatic rings. The van der Waals surface area contributed by atoms with Crippen LogP contribution in [0.3, 0.4) is 0 Å². The number of amides is 1. The standard InChI is InChI=1S/C20H21FN4O2/c21-17-4-2-1-3-16(17)13-22-19(26)14-25-8-7-15-5-6-18(23-20(15)25)24-9-11-27-12-10-24/h1-8H,9-14H2,(H,22,26). The summed E-state index contributed by atoms with van der Waals surface area (Å²) in [5, 5.41) is 3.75. The van der Waals surface area contributed by atoms with Crippen LogP contribution in [0.5, 0.6) is 0 Å². The van der Waals surface area contributed by atoms with Crippen LogP contribution in [-0.4, -0.2) is 41.8 Å². The van der Waals surface area contributed by atoms with Gasteiger partial charge in [0.2, 0.25) is 5.91 Å². The number of nitrogens with zero attached hydrogens (tertiary/aromatic N) is 3. The number of morpholine rings is 1. The predicted molar refractivity (Wildman–Crippen MR) is 101 cm³/mol. The Morgan fingerprint density at radius 3 is 2.78 bits per heavy atom. The Hall–Kier alpha value is -2.93. The van der Waals surface area contributed by atoms with Crippen molar-refractivity contribution >= 4 is 22.8 Å². The summed E-state index contributed by atoms with van der Waals surface area (Å²) in [4.78, 5) is 19.2. The summed E-state index contributed by atoms with van der Waals surface area (Å²) in [6, 6.07) is 12.4. The third kappa shape index (κ3) is 3.93. The van der Waals surface area contributed by atoms with Gasteiger partial charge in [0.1, 0.15) is 23.8 Å². The van der Waals surface area contributed by atoms with Crippen LogP contribution in [0.4, 0.5) is 10.2 Å². The average molecular weight is 368 g/mol. The molecule has 7 heteroatoms. The lowest BCUT2D eigenvalue weighted by molar-refractivity contribution is -0.121. The van der Waals surface area contributed by atoms with Crippen molar-refractivity contribution in [1.82, 2.24) is 14.9 Å². The smallest absolute Gasteiger partial charge is 0.240 e. The molecule has 1 aliphatic heterocycles. The second-order valence-electron chi connectivity index (χ2n) is 6.49. The molecule has 0 bridgehead atoms. The van der Waals surface area contributed by atoms with Gasteiger partial charge in [-0.2, -0.15) is 0 Å². The Bertz CT molecular complexity index is 950. The fraction of sp³-hybridized carbons (Fsp3) is 0.300. The number of fused-ring (bicyclic) bond motifs is 1. The topological polar surface area (TPSA) is 59.4 Å². The van der Waals surface area contributed by atoms with E-state index in [1.165, 1.54) is 6.07 Å². The van der Waals surface area contributed by atoms with Gasteiger partial charge in [0, 0.05) is 36.8 Å². The maximum atomic E-state index is 13.7. The summed E-state index contributed by atoms with van der Waals surface area (Å²) in [6.07, 6.45) is 1.85. The van der Waals surface area contributed by atoms with Crippen molar-refractivity contribution in [2.24, 2.45) is 0 Å². The summed E-state index contributed by atoms with van der Waals surface area (Å²) >= 11 is 0. The highest BCUT2D eigenvalue weighted by Crippen LogP contribution is 2.20. The van der Waals surface area contributed by atoms with Crippen LogP contribution in [0.15, 0.2) is 48.7 Å². The normalized spacial score (nSPS) is 14.5. The second kappa shape index (κ2) is 7.75. The third-order valence-electron chi connectivity index (χ3n) is 4.68. The molecule has 0 saturated carbocycles. The Kier molecular flexibility index (Phi) is 5.02. The van der Waals surface area contributed by atoms with E-state index >= 15 is 0 Å². The van der Waals surface area contributed by atoms with E-state index in [9.17, 15) is 9.18 Å². The van der Waals surface area contributed by atoms with Crippen LogP contribution in [0.25, 0.3) is 11.0 Å². The van der Waals surface area contributed by atoms with Crippen molar-refractivity contribution in [2.45, 2.75) is 13.1 Å². The summed E-state index contributed by atoms with van der Waals surface area (Å²) in [7, 11) is 0.